The van der Waals surface area contributed by atoms with E-state index in [1.54, 1.807) is 35.2 Å². The molecule has 0 radical (unpaired) electrons. The molecule has 1 aromatic heterocycles. The van der Waals surface area contributed by atoms with Gasteiger partial charge < -0.3 is 25.3 Å². The summed E-state index contributed by atoms with van der Waals surface area (Å²) in [5.74, 6) is -0.198. The lowest BCUT2D eigenvalue weighted by Gasteiger charge is -2.32. The van der Waals surface area contributed by atoms with Gasteiger partial charge in [0.25, 0.3) is 11.8 Å². The zero-order valence-corrected chi connectivity index (χ0v) is 16.0. The molecule has 0 bridgehead atoms. The van der Waals surface area contributed by atoms with Crippen LogP contribution in [0.3, 0.4) is 0 Å². The number of urea groups is 1. The Morgan fingerprint density at radius 1 is 0.862 bits per heavy atom. The highest BCUT2D eigenvalue weighted by atomic mass is 16.3. The van der Waals surface area contributed by atoms with E-state index in [9.17, 15) is 14.4 Å². The maximum Gasteiger partial charge on any atom is 0.319 e. The van der Waals surface area contributed by atoms with Crippen molar-refractivity contribution in [2.24, 2.45) is 0 Å². The lowest BCUT2D eigenvalue weighted by molar-refractivity contribution is 0.0697. The average molecular weight is 396 g/mol. The van der Waals surface area contributed by atoms with Crippen molar-refractivity contribution in [3.05, 3.63) is 54.0 Å². The number of nitrogens with zero attached hydrogens (tertiary/aromatic N) is 1. The number of anilines is 1. The Morgan fingerprint density at radius 2 is 1.55 bits per heavy atom. The van der Waals surface area contributed by atoms with E-state index in [0.717, 1.165) is 12.8 Å². The Balaban J connectivity index is 1.24. The van der Waals surface area contributed by atoms with Crippen molar-refractivity contribution in [3.63, 3.8) is 0 Å². The van der Waals surface area contributed by atoms with E-state index < -0.39 is 0 Å². The summed E-state index contributed by atoms with van der Waals surface area (Å²) < 4.78 is 4.97. The van der Waals surface area contributed by atoms with Crippen molar-refractivity contribution in [2.45, 2.75) is 37.8 Å². The van der Waals surface area contributed by atoms with Gasteiger partial charge in [-0.2, -0.15) is 0 Å². The van der Waals surface area contributed by atoms with Crippen molar-refractivity contribution in [2.75, 3.05) is 18.4 Å². The fraction of sp³-hybridized carbons (Fsp3) is 0.381. The summed E-state index contributed by atoms with van der Waals surface area (Å²) in [5.41, 5.74) is 1.73. The molecule has 0 unspecified atom stereocenters. The number of hydrogen-bond donors (Lipinski definition) is 3. The van der Waals surface area contributed by atoms with Crippen LogP contribution in [0.1, 0.15) is 46.4 Å². The second-order valence-corrected chi connectivity index (χ2v) is 7.50. The normalized spacial score (nSPS) is 16.9. The van der Waals surface area contributed by atoms with Gasteiger partial charge in [0.1, 0.15) is 6.26 Å². The molecule has 3 N–H and O–H groups in total. The second kappa shape index (κ2) is 8.38. The first kappa shape index (κ1) is 19.0. The first-order valence-electron chi connectivity index (χ1n) is 9.88. The Kier molecular flexibility index (Phi) is 5.50. The molecule has 2 fully saturated rings. The van der Waals surface area contributed by atoms with E-state index >= 15 is 0 Å². The Hall–Kier alpha value is -3.29. The molecule has 1 aromatic carbocycles. The molecule has 2 aliphatic rings. The van der Waals surface area contributed by atoms with Crippen molar-refractivity contribution in [1.29, 1.82) is 0 Å². The number of nitrogens with one attached hydrogen (secondary N) is 3. The molecule has 1 saturated carbocycles. The molecule has 2 aromatic rings. The van der Waals surface area contributed by atoms with Crippen LogP contribution in [-0.4, -0.2) is 47.9 Å². The van der Waals surface area contributed by atoms with Gasteiger partial charge in [0.05, 0.1) is 11.8 Å². The number of amides is 4. The summed E-state index contributed by atoms with van der Waals surface area (Å²) >= 11 is 0. The van der Waals surface area contributed by atoms with E-state index in [4.69, 9.17) is 4.42 Å². The minimum Gasteiger partial charge on any atom is -0.472 e. The van der Waals surface area contributed by atoms with Crippen molar-refractivity contribution < 1.29 is 18.8 Å². The predicted molar refractivity (Wildman–Crippen MR) is 107 cm³/mol. The Morgan fingerprint density at radius 3 is 2.17 bits per heavy atom. The van der Waals surface area contributed by atoms with Crippen LogP contribution in [0.4, 0.5) is 10.5 Å². The fourth-order valence-electron chi connectivity index (χ4n) is 3.35. The van der Waals surface area contributed by atoms with Gasteiger partial charge in [-0.05, 0) is 56.0 Å². The quantitative estimate of drug-likeness (QED) is 0.723. The molecule has 2 heterocycles. The van der Waals surface area contributed by atoms with Gasteiger partial charge in [-0.25, -0.2) is 4.79 Å². The minimum atomic E-state index is -0.221. The van der Waals surface area contributed by atoms with Crippen LogP contribution in [0.15, 0.2) is 47.3 Å². The molecular weight excluding hydrogens is 372 g/mol. The number of carbonyl (C=O) groups excluding carboxylic acids is 3. The van der Waals surface area contributed by atoms with E-state index in [0.29, 0.717) is 48.8 Å². The monoisotopic (exact) mass is 396 g/mol. The van der Waals surface area contributed by atoms with Gasteiger partial charge in [0.2, 0.25) is 0 Å². The molecule has 0 atom stereocenters. The van der Waals surface area contributed by atoms with Crippen LogP contribution >= 0.6 is 0 Å². The summed E-state index contributed by atoms with van der Waals surface area (Å²) in [6, 6.07) is 8.57. The van der Waals surface area contributed by atoms with Crippen LogP contribution < -0.4 is 16.0 Å². The number of piperidine rings is 1. The molecular formula is C21H24N4O4. The summed E-state index contributed by atoms with van der Waals surface area (Å²) in [6.07, 6.45) is 6.41. The highest BCUT2D eigenvalue weighted by Gasteiger charge is 2.25. The molecule has 8 heteroatoms. The highest BCUT2D eigenvalue weighted by molar-refractivity contribution is 5.96. The first-order chi connectivity index (χ1) is 14.1. The smallest absolute Gasteiger partial charge is 0.319 e. The second-order valence-electron chi connectivity index (χ2n) is 7.50. The largest absolute Gasteiger partial charge is 0.472 e. The predicted octanol–water partition coefficient (Wildman–Crippen LogP) is 2.60. The zero-order valence-electron chi connectivity index (χ0n) is 16.0. The lowest BCUT2D eigenvalue weighted by Crippen LogP contribution is -2.46. The van der Waals surface area contributed by atoms with Crippen LogP contribution in [0, 0.1) is 0 Å². The van der Waals surface area contributed by atoms with Gasteiger partial charge in [-0.1, -0.05) is 0 Å². The number of hydrogen-bond acceptors (Lipinski definition) is 4. The molecule has 0 spiro atoms. The molecule has 29 heavy (non-hydrogen) atoms. The number of carbonyl (C=O) groups is 3. The Labute approximate surface area is 168 Å². The zero-order chi connectivity index (χ0) is 20.2. The third-order valence-corrected chi connectivity index (χ3v) is 5.20. The van der Waals surface area contributed by atoms with Crippen LogP contribution in [0.2, 0.25) is 0 Å². The number of benzene rings is 1. The fourth-order valence-corrected chi connectivity index (χ4v) is 3.35. The van der Waals surface area contributed by atoms with Crippen molar-refractivity contribution >= 4 is 23.5 Å². The number of likely N-dealkylation sites (tertiary alicyclic amines) is 1. The standard InChI is InChI=1S/C21H24N4O4/c26-19(14-1-3-16(4-2-14)23-21(28)24-17-5-6-17)22-18-7-10-25(11-8-18)20(27)15-9-12-29-13-15/h1-4,9,12-13,17-18H,5-8,10-11H2,(H,22,26)(H2,23,24,28). The number of furan rings is 1. The van der Waals surface area contributed by atoms with Crippen molar-refractivity contribution in [1.82, 2.24) is 15.5 Å². The SMILES string of the molecule is O=C(Nc1ccc(C(=O)NC2CCN(C(=O)c3ccoc3)CC2)cc1)NC1CC1. The molecule has 8 nitrogen and oxygen atoms in total. The van der Waals surface area contributed by atoms with Crippen LogP contribution in [0.25, 0.3) is 0 Å². The highest BCUT2D eigenvalue weighted by Crippen LogP contribution is 2.19. The third kappa shape index (κ3) is 4.96. The summed E-state index contributed by atoms with van der Waals surface area (Å²) in [6.45, 7) is 1.18. The van der Waals surface area contributed by atoms with Gasteiger partial charge in [-0.15, -0.1) is 0 Å². The molecule has 1 saturated heterocycles. The summed E-state index contributed by atoms with van der Waals surface area (Å²) in [7, 11) is 0. The topological polar surface area (TPSA) is 104 Å². The van der Waals surface area contributed by atoms with E-state index in [2.05, 4.69) is 16.0 Å². The molecule has 152 valence electrons. The van der Waals surface area contributed by atoms with Gasteiger partial charge in [0.15, 0.2) is 0 Å². The average Bonchev–Trinajstić information content (AvgIpc) is 3.36. The van der Waals surface area contributed by atoms with E-state index in [1.807, 2.05) is 0 Å². The van der Waals surface area contributed by atoms with Gasteiger partial charge in [0, 0.05) is 36.4 Å². The lowest BCUT2D eigenvalue weighted by atomic mass is 10.0. The first-order valence-corrected chi connectivity index (χ1v) is 9.88. The summed E-state index contributed by atoms with van der Waals surface area (Å²) in [4.78, 5) is 38.4. The minimum absolute atomic E-state index is 0.0259. The molecule has 1 aliphatic carbocycles. The van der Waals surface area contributed by atoms with Gasteiger partial charge >= 0.3 is 6.03 Å². The van der Waals surface area contributed by atoms with E-state index in [-0.39, 0.29) is 23.9 Å². The maximum absolute atomic E-state index is 12.5. The molecule has 4 amide bonds. The molecule has 1 aliphatic heterocycles. The van der Waals surface area contributed by atoms with Crippen molar-refractivity contribution in [3.8, 4) is 0 Å². The van der Waals surface area contributed by atoms with Crippen LogP contribution in [-0.2, 0) is 0 Å². The van der Waals surface area contributed by atoms with E-state index in [1.165, 1.54) is 12.5 Å². The summed E-state index contributed by atoms with van der Waals surface area (Å²) in [5, 5.41) is 8.64. The van der Waals surface area contributed by atoms with Gasteiger partial charge in [-0.3, -0.25) is 9.59 Å². The third-order valence-electron chi connectivity index (χ3n) is 5.20. The number of rotatable bonds is 5. The van der Waals surface area contributed by atoms with Crippen LogP contribution in [0.5, 0.6) is 0 Å². The molecule has 4 rings (SSSR count). The Bertz CT molecular complexity index is 867. The maximum atomic E-state index is 12.5.